The second-order valence-corrected chi connectivity index (χ2v) is 8.29. The number of hydrogen-bond acceptors (Lipinski definition) is 5. The van der Waals surface area contributed by atoms with Crippen molar-refractivity contribution in [2.24, 2.45) is 29.1 Å². The summed E-state index contributed by atoms with van der Waals surface area (Å²) in [4.78, 5) is 40.4. The van der Waals surface area contributed by atoms with Crippen LogP contribution in [0.3, 0.4) is 0 Å². The van der Waals surface area contributed by atoms with Crippen LogP contribution in [0.1, 0.15) is 22.3 Å². The highest BCUT2D eigenvalue weighted by molar-refractivity contribution is 6.03. The van der Waals surface area contributed by atoms with Crippen molar-refractivity contribution in [3.63, 3.8) is 0 Å². The van der Waals surface area contributed by atoms with Crippen molar-refractivity contribution in [2.75, 3.05) is 14.2 Å². The standard InChI is InChI=1S/C26H26O5/c1-30-24(28)22-19-13-14-20(16-19)26(22,25(29)31-2)21(15-17-9-5-3-6-10-17)23(27)18-11-7-4-8-12-18/h3-14,19-22H,15-16H2,1-2H3/t19-,20+,21-,22+,26+/m0/s1. The van der Waals surface area contributed by atoms with Crippen LogP contribution in [0.2, 0.25) is 0 Å². The van der Waals surface area contributed by atoms with Gasteiger partial charge in [0.15, 0.2) is 5.78 Å². The highest BCUT2D eigenvalue weighted by atomic mass is 16.5. The van der Waals surface area contributed by atoms with Crippen LogP contribution in [0.5, 0.6) is 0 Å². The van der Waals surface area contributed by atoms with Crippen molar-refractivity contribution in [1.29, 1.82) is 0 Å². The first kappa shape index (κ1) is 21.0. The molecular formula is C26H26O5. The van der Waals surface area contributed by atoms with E-state index in [-0.39, 0.29) is 17.6 Å². The molecule has 0 aromatic heterocycles. The average molecular weight is 418 g/mol. The van der Waals surface area contributed by atoms with Crippen molar-refractivity contribution in [3.05, 3.63) is 83.9 Å². The second-order valence-electron chi connectivity index (χ2n) is 8.29. The Hall–Kier alpha value is -3.21. The molecule has 2 aromatic carbocycles. The van der Waals surface area contributed by atoms with Crippen LogP contribution in [0, 0.1) is 29.1 Å². The van der Waals surface area contributed by atoms with E-state index in [4.69, 9.17) is 9.47 Å². The van der Waals surface area contributed by atoms with Gasteiger partial charge in [0.1, 0.15) is 0 Å². The number of hydrogen-bond donors (Lipinski definition) is 0. The largest absolute Gasteiger partial charge is 0.469 e. The van der Waals surface area contributed by atoms with Gasteiger partial charge < -0.3 is 9.47 Å². The Morgan fingerprint density at radius 2 is 1.58 bits per heavy atom. The predicted molar refractivity (Wildman–Crippen MR) is 115 cm³/mol. The summed E-state index contributed by atoms with van der Waals surface area (Å²) in [6.07, 6.45) is 4.90. The number of fused-ring (bicyclic) bond motifs is 2. The van der Waals surface area contributed by atoms with Gasteiger partial charge in [-0.05, 0) is 30.2 Å². The normalized spacial score (nSPS) is 27.0. The summed E-state index contributed by atoms with van der Waals surface area (Å²) in [6.45, 7) is 0. The molecule has 160 valence electrons. The van der Waals surface area contributed by atoms with Crippen molar-refractivity contribution in [3.8, 4) is 0 Å². The zero-order valence-corrected chi connectivity index (χ0v) is 17.7. The van der Waals surface area contributed by atoms with E-state index in [2.05, 4.69) is 0 Å². The van der Waals surface area contributed by atoms with Gasteiger partial charge in [-0.1, -0.05) is 72.8 Å². The Morgan fingerprint density at radius 3 is 2.19 bits per heavy atom. The minimum absolute atomic E-state index is 0.154. The van der Waals surface area contributed by atoms with Gasteiger partial charge in [-0.15, -0.1) is 0 Å². The van der Waals surface area contributed by atoms with Crippen molar-refractivity contribution >= 4 is 17.7 Å². The zero-order chi connectivity index (χ0) is 22.0. The molecule has 1 fully saturated rings. The fourth-order valence-electron chi connectivity index (χ4n) is 5.61. The third kappa shape index (κ3) is 3.38. The van der Waals surface area contributed by atoms with E-state index in [1.54, 1.807) is 24.3 Å². The fraction of sp³-hybridized carbons (Fsp3) is 0.346. The smallest absolute Gasteiger partial charge is 0.314 e. The first-order valence-corrected chi connectivity index (χ1v) is 10.5. The molecule has 2 aromatic rings. The zero-order valence-electron chi connectivity index (χ0n) is 17.7. The number of methoxy groups -OCH3 is 2. The highest BCUT2D eigenvalue weighted by Gasteiger charge is 2.68. The molecule has 0 heterocycles. The predicted octanol–water partition coefficient (Wildman–Crippen LogP) is 3.88. The number of ether oxygens (including phenoxy) is 2. The molecule has 31 heavy (non-hydrogen) atoms. The maximum Gasteiger partial charge on any atom is 0.314 e. The lowest BCUT2D eigenvalue weighted by molar-refractivity contribution is -0.171. The Balaban J connectivity index is 1.90. The molecule has 1 saturated carbocycles. The van der Waals surface area contributed by atoms with E-state index in [1.165, 1.54) is 14.2 Å². The van der Waals surface area contributed by atoms with Gasteiger partial charge in [-0.25, -0.2) is 0 Å². The molecule has 0 unspecified atom stereocenters. The van der Waals surface area contributed by atoms with Crippen LogP contribution in [0.4, 0.5) is 0 Å². The van der Waals surface area contributed by atoms with Crippen LogP contribution >= 0.6 is 0 Å². The third-order valence-corrected chi connectivity index (χ3v) is 6.90. The van der Waals surface area contributed by atoms with Crippen LogP contribution in [-0.2, 0) is 25.5 Å². The van der Waals surface area contributed by atoms with Gasteiger partial charge in [0, 0.05) is 11.5 Å². The summed E-state index contributed by atoms with van der Waals surface area (Å²) in [5.41, 5.74) is 0.127. The van der Waals surface area contributed by atoms with Crippen molar-refractivity contribution in [2.45, 2.75) is 12.8 Å². The summed E-state index contributed by atoms with van der Waals surface area (Å²) >= 11 is 0. The van der Waals surface area contributed by atoms with E-state index in [0.29, 0.717) is 18.4 Å². The minimum Gasteiger partial charge on any atom is -0.469 e. The maximum atomic E-state index is 13.9. The van der Waals surface area contributed by atoms with Crippen LogP contribution in [0.15, 0.2) is 72.8 Å². The molecule has 2 bridgehead atoms. The topological polar surface area (TPSA) is 69.7 Å². The molecule has 5 heteroatoms. The Bertz CT molecular complexity index is 997. The number of benzene rings is 2. The molecule has 5 atom stereocenters. The van der Waals surface area contributed by atoms with E-state index in [0.717, 1.165) is 5.56 Å². The number of carbonyl (C=O) groups excluding carboxylic acids is 3. The fourth-order valence-corrected chi connectivity index (χ4v) is 5.61. The summed E-state index contributed by atoms with van der Waals surface area (Å²) in [5, 5.41) is 0. The van der Waals surface area contributed by atoms with Crippen LogP contribution < -0.4 is 0 Å². The Kier molecular flexibility index (Phi) is 5.77. The Morgan fingerprint density at radius 1 is 0.935 bits per heavy atom. The number of carbonyl (C=O) groups is 3. The molecule has 2 aliphatic carbocycles. The quantitative estimate of drug-likeness (QED) is 0.388. The molecule has 0 radical (unpaired) electrons. The van der Waals surface area contributed by atoms with Crippen LogP contribution in [0.25, 0.3) is 0 Å². The summed E-state index contributed by atoms with van der Waals surface area (Å²) in [6, 6.07) is 18.5. The average Bonchev–Trinajstić information content (AvgIpc) is 3.43. The van der Waals surface area contributed by atoms with Gasteiger partial charge in [-0.3, -0.25) is 14.4 Å². The lowest BCUT2D eigenvalue weighted by Gasteiger charge is -2.43. The third-order valence-electron chi connectivity index (χ3n) is 6.90. The molecule has 0 spiro atoms. The molecule has 0 amide bonds. The number of rotatable bonds is 7. The SMILES string of the molecule is COC(=O)[C@H]1[C@H]2C=C[C@H](C2)[C@@]1(C(=O)OC)[C@@H](Cc1ccccc1)C(=O)c1ccccc1. The minimum atomic E-state index is -1.32. The monoisotopic (exact) mass is 418 g/mol. The Labute approximate surface area is 182 Å². The highest BCUT2D eigenvalue weighted by Crippen LogP contribution is 2.61. The van der Waals surface area contributed by atoms with E-state index in [1.807, 2.05) is 48.6 Å². The van der Waals surface area contributed by atoms with Gasteiger partial charge in [0.05, 0.1) is 25.6 Å². The first-order valence-electron chi connectivity index (χ1n) is 10.5. The number of Topliss-reactive ketones (excluding diaryl/α,β-unsaturated/α-hetero) is 1. The van der Waals surface area contributed by atoms with Gasteiger partial charge in [0.2, 0.25) is 0 Å². The molecule has 0 aliphatic heterocycles. The molecule has 4 rings (SSSR count). The van der Waals surface area contributed by atoms with Crippen LogP contribution in [-0.4, -0.2) is 31.9 Å². The molecule has 0 saturated heterocycles. The molecule has 5 nitrogen and oxygen atoms in total. The maximum absolute atomic E-state index is 13.9. The summed E-state index contributed by atoms with van der Waals surface area (Å²) in [7, 11) is 2.64. The second kappa shape index (κ2) is 8.50. The molecule has 2 aliphatic rings. The first-order chi connectivity index (χ1) is 15.0. The number of allylic oxidation sites excluding steroid dienone is 2. The summed E-state index contributed by atoms with van der Waals surface area (Å²) in [5.74, 6) is -3.11. The summed E-state index contributed by atoms with van der Waals surface area (Å²) < 4.78 is 10.4. The number of ketones is 1. The van der Waals surface area contributed by atoms with Crippen molar-refractivity contribution < 1.29 is 23.9 Å². The van der Waals surface area contributed by atoms with Gasteiger partial charge in [-0.2, -0.15) is 0 Å². The van der Waals surface area contributed by atoms with Gasteiger partial charge in [0.25, 0.3) is 0 Å². The lowest BCUT2D eigenvalue weighted by atomic mass is 9.57. The number of esters is 2. The lowest BCUT2D eigenvalue weighted by Crippen LogP contribution is -2.54. The van der Waals surface area contributed by atoms with Gasteiger partial charge >= 0.3 is 11.9 Å². The van der Waals surface area contributed by atoms with E-state index in [9.17, 15) is 14.4 Å². The molecule has 0 N–H and O–H groups in total. The van der Waals surface area contributed by atoms with E-state index >= 15 is 0 Å². The van der Waals surface area contributed by atoms with E-state index < -0.39 is 29.2 Å². The molecular weight excluding hydrogens is 392 g/mol. The van der Waals surface area contributed by atoms with Crippen molar-refractivity contribution in [1.82, 2.24) is 0 Å².